The second-order valence-electron chi connectivity index (χ2n) is 11.2. The van der Waals surface area contributed by atoms with Gasteiger partial charge in [-0.1, -0.05) is 20.3 Å². The number of aromatic nitrogens is 2. The second kappa shape index (κ2) is 10.6. The van der Waals surface area contributed by atoms with Crippen molar-refractivity contribution in [3.8, 4) is 0 Å². The fourth-order valence-corrected chi connectivity index (χ4v) is 6.60. The van der Waals surface area contributed by atoms with Crippen molar-refractivity contribution in [2.45, 2.75) is 66.3 Å². The molecule has 0 radical (unpaired) electrons. The minimum atomic E-state index is -0.200. The van der Waals surface area contributed by atoms with Crippen LogP contribution in [0.1, 0.15) is 61.7 Å². The van der Waals surface area contributed by atoms with Crippen LogP contribution >= 0.6 is 9.24 Å². The third-order valence-corrected chi connectivity index (χ3v) is 9.97. The number of likely N-dealkylation sites (N-methyl/N-ethyl adjacent to an activating group) is 1. The summed E-state index contributed by atoms with van der Waals surface area (Å²) >= 11 is 0. The molecule has 1 aromatic carbocycles. The largest absolute Gasteiger partial charge is 0.379 e. The zero-order valence-corrected chi connectivity index (χ0v) is 24.4. The molecular formula is C29H42N5O2P. The molecule has 1 N–H and O–H groups in total. The van der Waals surface area contributed by atoms with Gasteiger partial charge in [0.1, 0.15) is 5.69 Å². The zero-order chi connectivity index (χ0) is 26.4. The number of fused-ring (bicyclic) bond motifs is 2. The van der Waals surface area contributed by atoms with E-state index in [0.717, 1.165) is 95.7 Å². The monoisotopic (exact) mass is 523 g/mol. The van der Waals surface area contributed by atoms with Gasteiger partial charge in [0, 0.05) is 37.1 Å². The summed E-state index contributed by atoms with van der Waals surface area (Å²) in [5, 5.41) is 9.23. The highest BCUT2D eigenvalue weighted by atomic mass is 31.0. The number of rotatable bonds is 7. The number of ether oxygens (including phenoxy) is 1. The van der Waals surface area contributed by atoms with Crippen LogP contribution < -0.4 is 10.2 Å². The number of aromatic amines is 1. The summed E-state index contributed by atoms with van der Waals surface area (Å²) in [5.41, 5.74) is 8.82. The van der Waals surface area contributed by atoms with Gasteiger partial charge in [-0.15, -0.1) is 9.24 Å². The first-order valence-corrected chi connectivity index (χ1v) is 14.4. The number of amides is 1. The van der Waals surface area contributed by atoms with Crippen LogP contribution in [0.4, 0.5) is 11.4 Å². The first-order chi connectivity index (χ1) is 17.7. The third-order valence-electron chi connectivity index (χ3n) is 9.10. The maximum Gasteiger partial charge on any atom is 0.243 e. The molecule has 0 bridgehead atoms. The summed E-state index contributed by atoms with van der Waals surface area (Å²) in [6.07, 6.45) is 4.10. The van der Waals surface area contributed by atoms with E-state index in [4.69, 9.17) is 14.8 Å². The molecule has 8 heteroatoms. The van der Waals surface area contributed by atoms with Crippen LogP contribution in [0, 0.1) is 31.6 Å². The minimum absolute atomic E-state index is 0.0939. The number of anilines is 1. The molecule has 1 aromatic heterocycles. The van der Waals surface area contributed by atoms with Crippen molar-refractivity contribution in [3.63, 3.8) is 0 Å². The molecule has 5 unspecified atom stereocenters. The molecule has 5 rings (SSSR count). The molecule has 2 heterocycles. The van der Waals surface area contributed by atoms with Crippen molar-refractivity contribution in [2.24, 2.45) is 22.7 Å². The molecule has 1 saturated heterocycles. The summed E-state index contributed by atoms with van der Waals surface area (Å²) in [6.45, 7) is 13.7. The van der Waals surface area contributed by atoms with Crippen LogP contribution in [0.3, 0.4) is 0 Å². The fraction of sp³-hybridized carbons (Fsp3) is 0.621. The van der Waals surface area contributed by atoms with Gasteiger partial charge in [-0.2, -0.15) is 5.10 Å². The molecule has 37 heavy (non-hydrogen) atoms. The van der Waals surface area contributed by atoms with Gasteiger partial charge >= 0.3 is 0 Å². The fourth-order valence-electron chi connectivity index (χ4n) is 6.31. The van der Waals surface area contributed by atoms with Crippen molar-refractivity contribution in [2.75, 3.05) is 38.3 Å². The van der Waals surface area contributed by atoms with Gasteiger partial charge in [-0.05, 0) is 80.3 Å². The second-order valence-corrected chi connectivity index (χ2v) is 11.8. The normalized spacial score (nSPS) is 24.4. The van der Waals surface area contributed by atoms with Crippen LogP contribution in [0.15, 0.2) is 11.1 Å². The summed E-state index contributed by atoms with van der Waals surface area (Å²) in [4.78, 5) is 22.8. The quantitative estimate of drug-likeness (QED) is 0.438. The lowest BCUT2D eigenvalue weighted by Crippen LogP contribution is -2.50. The molecule has 200 valence electrons. The Hall–Kier alpha value is -2.08. The molecule has 7 nitrogen and oxygen atoms in total. The first-order valence-electron chi connectivity index (χ1n) is 13.9. The Morgan fingerprint density at radius 3 is 2.68 bits per heavy atom. The average molecular weight is 524 g/mol. The predicted octanol–water partition coefficient (Wildman–Crippen LogP) is 4.11. The smallest absolute Gasteiger partial charge is 0.243 e. The number of nitrogens with one attached hydrogen (secondary N) is 1. The topological polar surface area (TPSA) is 73.8 Å². The lowest BCUT2D eigenvalue weighted by atomic mass is 9.93. The van der Waals surface area contributed by atoms with Gasteiger partial charge < -0.3 is 9.64 Å². The van der Waals surface area contributed by atoms with E-state index in [-0.39, 0.29) is 11.9 Å². The van der Waals surface area contributed by atoms with E-state index in [1.807, 2.05) is 18.9 Å². The Morgan fingerprint density at radius 2 is 1.97 bits per heavy atom. The number of hydrogen-bond donors (Lipinski definition) is 1. The van der Waals surface area contributed by atoms with Crippen molar-refractivity contribution in [1.29, 1.82) is 0 Å². The molecule has 1 aliphatic heterocycles. The summed E-state index contributed by atoms with van der Waals surface area (Å²) in [7, 11) is 4.77. The van der Waals surface area contributed by atoms with Gasteiger partial charge in [0.25, 0.3) is 0 Å². The maximum atomic E-state index is 13.5. The van der Waals surface area contributed by atoms with Gasteiger partial charge in [0.05, 0.1) is 30.7 Å². The molecule has 2 aliphatic carbocycles. The van der Waals surface area contributed by atoms with E-state index in [0.29, 0.717) is 13.2 Å². The Bertz CT molecular complexity index is 1220. The minimum Gasteiger partial charge on any atom is -0.379 e. The lowest BCUT2D eigenvalue weighted by molar-refractivity contribution is -0.124. The van der Waals surface area contributed by atoms with Gasteiger partial charge in [0.15, 0.2) is 0 Å². The van der Waals surface area contributed by atoms with Crippen LogP contribution in [0.25, 0.3) is 0 Å². The number of carbonyl (C=O) groups is 1. The number of morpholine rings is 1. The van der Waals surface area contributed by atoms with Gasteiger partial charge in [-0.25, -0.2) is 0 Å². The Kier molecular flexibility index (Phi) is 7.59. The SMILES string of the molecule is CCCC(=Nc1cc(N(C)C(=O)C(C)N2CCOCC2)c(C)c(P)c1C)c1n[nH]c2c1CC1C(C)C1C2. The molecule has 3 aliphatic rings. The number of carbonyl (C=O) groups excluding carboxylic acids is 1. The van der Waals surface area contributed by atoms with Crippen molar-refractivity contribution < 1.29 is 9.53 Å². The summed E-state index contributed by atoms with van der Waals surface area (Å²) in [5.74, 6) is 2.53. The number of nitrogens with zero attached hydrogens (tertiary/aromatic N) is 4. The highest BCUT2D eigenvalue weighted by molar-refractivity contribution is 7.27. The summed E-state index contributed by atoms with van der Waals surface area (Å²) < 4.78 is 5.48. The van der Waals surface area contributed by atoms with E-state index < -0.39 is 0 Å². The van der Waals surface area contributed by atoms with Gasteiger partial charge in [0.2, 0.25) is 5.91 Å². The molecule has 2 fully saturated rings. The van der Waals surface area contributed by atoms with Crippen LogP contribution in [-0.4, -0.2) is 66.1 Å². The number of benzene rings is 1. The van der Waals surface area contributed by atoms with E-state index in [1.54, 1.807) is 0 Å². The standard InChI is InChI=1S/C29H42N5O2P/c1-7-8-23(27-22-13-20-16(2)21(20)14-25(22)31-32-27)30-24-15-26(18(4)28(37)17(24)3)33(6)29(35)19(5)34-9-11-36-12-10-34/h15-16,19-21H,7-14,37H2,1-6H3,(H,31,32). The molecule has 2 aromatic rings. The summed E-state index contributed by atoms with van der Waals surface area (Å²) in [6, 6.07) is 1.89. The molecule has 1 amide bonds. The molecule has 5 atom stereocenters. The van der Waals surface area contributed by atoms with Crippen LogP contribution in [0.2, 0.25) is 0 Å². The molecule has 0 spiro atoms. The zero-order valence-electron chi connectivity index (χ0n) is 23.2. The van der Waals surface area contributed by atoms with E-state index in [2.05, 4.69) is 53.0 Å². The Morgan fingerprint density at radius 1 is 1.27 bits per heavy atom. The van der Waals surface area contributed by atoms with E-state index in [1.165, 1.54) is 11.3 Å². The van der Waals surface area contributed by atoms with E-state index >= 15 is 0 Å². The Labute approximate surface area is 223 Å². The molecular weight excluding hydrogens is 481 g/mol. The lowest BCUT2D eigenvalue weighted by Gasteiger charge is -2.34. The van der Waals surface area contributed by atoms with E-state index in [9.17, 15) is 4.79 Å². The highest BCUT2D eigenvalue weighted by Crippen LogP contribution is 2.53. The van der Waals surface area contributed by atoms with Gasteiger partial charge in [-0.3, -0.25) is 19.8 Å². The van der Waals surface area contributed by atoms with Crippen LogP contribution in [-0.2, 0) is 22.4 Å². The number of hydrogen-bond acceptors (Lipinski definition) is 5. The first kappa shape index (κ1) is 26.5. The molecule has 1 saturated carbocycles. The number of aliphatic imine (C=N–C) groups is 1. The van der Waals surface area contributed by atoms with Crippen molar-refractivity contribution in [1.82, 2.24) is 15.1 Å². The maximum absolute atomic E-state index is 13.5. The average Bonchev–Trinajstić information content (AvgIpc) is 3.34. The number of H-pyrrole nitrogens is 1. The Balaban J connectivity index is 1.48. The highest BCUT2D eigenvalue weighted by Gasteiger charge is 2.50. The van der Waals surface area contributed by atoms with Crippen LogP contribution in [0.5, 0.6) is 0 Å². The predicted molar refractivity (Wildman–Crippen MR) is 154 cm³/mol. The van der Waals surface area contributed by atoms with Crippen molar-refractivity contribution >= 4 is 37.5 Å². The third kappa shape index (κ3) is 4.91. The van der Waals surface area contributed by atoms with Crippen molar-refractivity contribution in [3.05, 3.63) is 34.1 Å².